The maximum atomic E-state index is 3.39. The molecule has 2 rings (SSSR count). The van der Waals surface area contributed by atoms with Gasteiger partial charge in [-0.3, -0.25) is 0 Å². The van der Waals surface area contributed by atoms with Crippen molar-refractivity contribution < 1.29 is 0 Å². The SMILES string of the molecule is C[Si](C)(C)C#Cc1sccc1C#Cc1ccccc1. The second-order valence-electron chi connectivity index (χ2n) is 5.28. The molecule has 2 aromatic rings. The van der Waals surface area contributed by atoms with E-state index < -0.39 is 8.07 Å². The van der Waals surface area contributed by atoms with Gasteiger partial charge in [-0.1, -0.05) is 55.6 Å². The van der Waals surface area contributed by atoms with E-state index in [9.17, 15) is 0 Å². The third kappa shape index (κ3) is 4.45. The first kappa shape index (κ1) is 13.7. The Morgan fingerprint density at radius 3 is 2.32 bits per heavy atom. The van der Waals surface area contributed by atoms with Gasteiger partial charge >= 0.3 is 0 Å². The fourth-order valence-electron chi connectivity index (χ4n) is 1.41. The molecule has 0 atom stereocenters. The molecule has 1 aromatic carbocycles. The normalized spacial score (nSPS) is 10.1. The van der Waals surface area contributed by atoms with E-state index in [0.29, 0.717) is 0 Å². The summed E-state index contributed by atoms with van der Waals surface area (Å²) >= 11 is 1.67. The molecule has 0 spiro atoms. The fraction of sp³-hybridized carbons (Fsp3) is 0.176. The van der Waals surface area contributed by atoms with E-state index in [1.165, 1.54) is 0 Å². The van der Waals surface area contributed by atoms with Crippen LogP contribution in [0.2, 0.25) is 19.6 Å². The van der Waals surface area contributed by atoms with E-state index in [4.69, 9.17) is 0 Å². The van der Waals surface area contributed by atoms with Crippen molar-refractivity contribution in [2.45, 2.75) is 19.6 Å². The van der Waals surface area contributed by atoms with E-state index >= 15 is 0 Å². The van der Waals surface area contributed by atoms with Gasteiger partial charge in [0.1, 0.15) is 8.07 Å². The molecule has 94 valence electrons. The van der Waals surface area contributed by atoms with E-state index in [1.807, 2.05) is 30.3 Å². The average molecular weight is 280 g/mol. The molecule has 1 heterocycles. The lowest BCUT2D eigenvalue weighted by molar-refractivity contribution is 1.64. The minimum Gasteiger partial charge on any atom is -0.134 e. The Balaban J connectivity index is 2.26. The van der Waals surface area contributed by atoms with Crippen molar-refractivity contribution in [3.8, 4) is 23.3 Å². The number of hydrogen-bond acceptors (Lipinski definition) is 1. The van der Waals surface area contributed by atoms with Gasteiger partial charge < -0.3 is 0 Å². The Morgan fingerprint density at radius 2 is 1.63 bits per heavy atom. The molecule has 2 heteroatoms. The summed E-state index contributed by atoms with van der Waals surface area (Å²) in [6, 6.07) is 12.1. The van der Waals surface area contributed by atoms with Crippen molar-refractivity contribution in [1.82, 2.24) is 0 Å². The summed E-state index contributed by atoms with van der Waals surface area (Å²) in [5.41, 5.74) is 5.48. The molecule has 1 aromatic heterocycles. The molecule has 0 aliphatic heterocycles. The zero-order chi connectivity index (χ0) is 13.7. The van der Waals surface area contributed by atoms with Crippen LogP contribution in [0.15, 0.2) is 41.8 Å². The third-order valence-electron chi connectivity index (χ3n) is 2.33. The van der Waals surface area contributed by atoms with Crippen LogP contribution in [0.3, 0.4) is 0 Å². The Morgan fingerprint density at radius 1 is 0.895 bits per heavy atom. The van der Waals surface area contributed by atoms with Crippen LogP contribution in [0, 0.1) is 23.3 Å². The van der Waals surface area contributed by atoms with Crippen molar-refractivity contribution in [2.24, 2.45) is 0 Å². The molecule has 0 aliphatic carbocycles. The van der Waals surface area contributed by atoms with Gasteiger partial charge in [0, 0.05) is 5.56 Å². The quantitative estimate of drug-likeness (QED) is 0.496. The van der Waals surface area contributed by atoms with Gasteiger partial charge in [0.25, 0.3) is 0 Å². The van der Waals surface area contributed by atoms with Gasteiger partial charge in [-0.05, 0) is 23.6 Å². The Hall–Kier alpha value is -1.74. The highest BCUT2D eigenvalue weighted by Crippen LogP contribution is 2.15. The van der Waals surface area contributed by atoms with Crippen molar-refractivity contribution in [1.29, 1.82) is 0 Å². The molecule has 0 radical (unpaired) electrons. The van der Waals surface area contributed by atoms with E-state index in [0.717, 1.165) is 16.0 Å². The maximum absolute atomic E-state index is 3.39. The van der Waals surface area contributed by atoms with Gasteiger partial charge in [-0.2, -0.15) is 0 Å². The first-order chi connectivity index (χ1) is 9.04. The zero-order valence-corrected chi connectivity index (χ0v) is 13.3. The second kappa shape index (κ2) is 5.93. The predicted octanol–water partition coefficient (Wildman–Crippen LogP) is 4.38. The van der Waals surface area contributed by atoms with E-state index in [-0.39, 0.29) is 0 Å². The predicted molar refractivity (Wildman–Crippen MR) is 87.0 cm³/mol. The van der Waals surface area contributed by atoms with Crippen molar-refractivity contribution in [3.05, 3.63) is 57.8 Å². The zero-order valence-electron chi connectivity index (χ0n) is 11.4. The van der Waals surface area contributed by atoms with Gasteiger partial charge in [-0.25, -0.2) is 0 Å². The van der Waals surface area contributed by atoms with Crippen LogP contribution in [0.25, 0.3) is 0 Å². The topological polar surface area (TPSA) is 0 Å². The highest BCUT2D eigenvalue weighted by molar-refractivity contribution is 7.10. The monoisotopic (exact) mass is 280 g/mol. The van der Waals surface area contributed by atoms with Crippen LogP contribution < -0.4 is 0 Å². The molecular formula is C17H16SSi. The number of thiophene rings is 1. The third-order valence-corrected chi connectivity index (χ3v) is 4.04. The highest BCUT2D eigenvalue weighted by Gasteiger charge is 2.08. The average Bonchev–Trinajstić information content (AvgIpc) is 2.82. The smallest absolute Gasteiger partial charge is 0.129 e. The van der Waals surface area contributed by atoms with Crippen LogP contribution in [0.4, 0.5) is 0 Å². The van der Waals surface area contributed by atoms with Crippen LogP contribution in [0.5, 0.6) is 0 Å². The summed E-state index contributed by atoms with van der Waals surface area (Å²) in [5.74, 6) is 9.70. The van der Waals surface area contributed by atoms with E-state index in [1.54, 1.807) is 11.3 Å². The molecule has 0 fully saturated rings. The molecule has 0 N–H and O–H groups in total. The standard InChI is InChI=1S/C17H16SSi/c1-19(2,3)14-12-17-16(11-13-18-17)10-9-15-7-5-4-6-8-15/h4-8,11,13H,1-3H3. The molecule has 0 saturated heterocycles. The van der Waals surface area contributed by atoms with Crippen LogP contribution in [-0.4, -0.2) is 8.07 Å². The molecule has 0 nitrogen and oxygen atoms in total. The Labute approximate surface area is 120 Å². The van der Waals surface area contributed by atoms with Crippen LogP contribution in [0.1, 0.15) is 16.0 Å². The molecular weight excluding hydrogens is 264 g/mol. The Kier molecular flexibility index (Phi) is 4.27. The lowest BCUT2D eigenvalue weighted by atomic mass is 10.2. The summed E-state index contributed by atoms with van der Waals surface area (Å²) in [7, 11) is -1.33. The van der Waals surface area contributed by atoms with E-state index in [2.05, 4.69) is 54.4 Å². The summed E-state index contributed by atoms with van der Waals surface area (Å²) < 4.78 is 0. The van der Waals surface area contributed by atoms with Crippen LogP contribution >= 0.6 is 11.3 Å². The van der Waals surface area contributed by atoms with Gasteiger partial charge in [-0.15, -0.1) is 16.9 Å². The van der Waals surface area contributed by atoms with Crippen molar-refractivity contribution in [3.63, 3.8) is 0 Å². The lowest BCUT2D eigenvalue weighted by Crippen LogP contribution is -2.16. The van der Waals surface area contributed by atoms with Gasteiger partial charge in [0.2, 0.25) is 0 Å². The van der Waals surface area contributed by atoms with Crippen molar-refractivity contribution in [2.75, 3.05) is 0 Å². The minimum absolute atomic E-state index is 1.04. The van der Waals surface area contributed by atoms with Gasteiger partial charge in [0.05, 0.1) is 10.4 Å². The molecule has 19 heavy (non-hydrogen) atoms. The molecule has 0 unspecified atom stereocenters. The fourth-order valence-corrected chi connectivity index (χ4v) is 2.70. The van der Waals surface area contributed by atoms with Gasteiger partial charge in [0.15, 0.2) is 0 Å². The summed E-state index contributed by atoms with van der Waals surface area (Å²) in [6.45, 7) is 6.76. The minimum atomic E-state index is -1.33. The largest absolute Gasteiger partial charge is 0.134 e. The summed E-state index contributed by atoms with van der Waals surface area (Å²) in [5, 5.41) is 2.06. The highest BCUT2D eigenvalue weighted by atomic mass is 32.1. The molecule has 0 saturated carbocycles. The second-order valence-corrected chi connectivity index (χ2v) is 10.9. The first-order valence-corrected chi connectivity index (χ1v) is 10.6. The van der Waals surface area contributed by atoms with Crippen molar-refractivity contribution >= 4 is 19.4 Å². The Bertz CT molecular complexity index is 667. The first-order valence-electron chi connectivity index (χ1n) is 6.22. The summed E-state index contributed by atoms with van der Waals surface area (Å²) in [6.07, 6.45) is 0. The number of hydrogen-bond donors (Lipinski definition) is 0. The maximum Gasteiger partial charge on any atom is 0.129 e. The summed E-state index contributed by atoms with van der Waals surface area (Å²) in [4.78, 5) is 1.09. The molecule has 0 bridgehead atoms. The molecule has 0 aliphatic rings. The molecule has 0 amide bonds. The number of rotatable bonds is 0. The number of benzene rings is 1. The van der Waals surface area contributed by atoms with Crippen LogP contribution in [-0.2, 0) is 0 Å². The lowest BCUT2D eigenvalue weighted by Gasteiger charge is -2.02.